The molecule has 2 nitrogen and oxygen atoms in total. The van der Waals surface area contributed by atoms with E-state index in [2.05, 4.69) is 96.6 Å². The van der Waals surface area contributed by atoms with E-state index in [1.54, 1.807) is 6.92 Å². The Labute approximate surface area is 194 Å². The van der Waals surface area contributed by atoms with Crippen LogP contribution in [0, 0.1) is 6.92 Å². The monoisotopic (exact) mass is 432 g/mol. The highest BCUT2D eigenvalue weighted by molar-refractivity contribution is 6.32. The largest absolute Gasteiger partial charge is 0.466 e. The van der Waals surface area contributed by atoms with Gasteiger partial charge in [0, 0.05) is 6.92 Å². The number of fused-ring (bicyclic) bond motifs is 2. The van der Waals surface area contributed by atoms with Crippen molar-refractivity contribution in [1.82, 2.24) is 0 Å². The van der Waals surface area contributed by atoms with Gasteiger partial charge in [0.05, 0.1) is 6.61 Å². The molecule has 0 bridgehead atoms. The first kappa shape index (κ1) is 22.3. The van der Waals surface area contributed by atoms with Crippen molar-refractivity contribution in [2.45, 2.75) is 20.8 Å². The molecule has 0 spiro atoms. The molecule has 0 heterocycles. The third-order valence-corrected chi connectivity index (χ3v) is 5.68. The zero-order chi connectivity index (χ0) is 23.2. The second-order valence-corrected chi connectivity index (χ2v) is 8.00. The minimum Gasteiger partial charge on any atom is -0.466 e. The quantitative estimate of drug-likeness (QED) is 0.148. The first-order valence-corrected chi connectivity index (χ1v) is 11.3. The van der Waals surface area contributed by atoms with Crippen molar-refractivity contribution in [3.8, 4) is 0 Å². The highest BCUT2D eigenvalue weighted by Gasteiger charge is 2.11. The van der Waals surface area contributed by atoms with Crippen LogP contribution in [0.25, 0.3) is 43.1 Å². The van der Waals surface area contributed by atoms with E-state index in [-0.39, 0.29) is 5.97 Å². The van der Waals surface area contributed by atoms with Crippen molar-refractivity contribution < 1.29 is 9.53 Å². The molecule has 33 heavy (non-hydrogen) atoms. The molecule has 0 amide bonds. The van der Waals surface area contributed by atoms with Crippen LogP contribution in [0.4, 0.5) is 0 Å². The molecule has 0 unspecified atom stereocenters. The summed E-state index contributed by atoms with van der Waals surface area (Å²) < 4.78 is 4.40. The SMILES string of the molecule is CCOC(C)=O.Cc1ccccc1.c1cc2cccc3c4cccc5cccc(c(c1)c23)c54. The first-order valence-electron chi connectivity index (χ1n) is 11.3. The number of hydrogen-bond donors (Lipinski definition) is 0. The Morgan fingerprint density at radius 2 is 1.00 bits per heavy atom. The highest BCUT2D eigenvalue weighted by atomic mass is 16.5. The van der Waals surface area contributed by atoms with E-state index >= 15 is 0 Å². The lowest BCUT2D eigenvalue weighted by Gasteiger charge is -2.13. The summed E-state index contributed by atoms with van der Waals surface area (Å²) in [5.74, 6) is -0.211. The summed E-state index contributed by atoms with van der Waals surface area (Å²) in [7, 11) is 0. The Morgan fingerprint density at radius 1 is 0.606 bits per heavy atom. The number of rotatable bonds is 1. The van der Waals surface area contributed by atoms with Crippen molar-refractivity contribution in [3.63, 3.8) is 0 Å². The van der Waals surface area contributed by atoms with Crippen LogP contribution in [0.3, 0.4) is 0 Å². The van der Waals surface area contributed by atoms with E-state index < -0.39 is 0 Å². The smallest absolute Gasteiger partial charge is 0.302 e. The van der Waals surface area contributed by atoms with E-state index in [0.29, 0.717) is 6.61 Å². The number of ether oxygens (including phenoxy) is 1. The predicted octanol–water partition coefficient (Wildman–Crippen LogP) is 8.30. The summed E-state index contributed by atoms with van der Waals surface area (Å²) in [5.41, 5.74) is 1.32. The van der Waals surface area contributed by atoms with Crippen molar-refractivity contribution in [2.75, 3.05) is 6.61 Å². The molecule has 0 aromatic heterocycles. The van der Waals surface area contributed by atoms with E-state index in [1.165, 1.54) is 55.6 Å². The molecule has 6 rings (SSSR count). The van der Waals surface area contributed by atoms with Gasteiger partial charge < -0.3 is 4.74 Å². The zero-order valence-corrected chi connectivity index (χ0v) is 19.3. The Morgan fingerprint density at radius 3 is 1.24 bits per heavy atom. The minimum absolute atomic E-state index is 0.211. The maximum Gasteiger partial charge on any atom is 0.302 e. The molecule has 0 saturated heterocycles. The van der Waals surface area contributed by atoms with Crippen LogP contribution < -0.4 is 0 Å². The lowest BCUT2D eigenvalue weighted by molar-refractivity contribution is -0.140. The summed E-state index contributed by atoms with van der Waals surface area (Å²) in [5, 5.41) is 10.9. The molecular weight excluding hydrogens is 404 g/mol. The standard InChI is InChI=1S/C20H12.C7H8.C4H8O2/c1-5-13-6-2-11-17-18-12-4-8-14-7-3-10-16(20(14)18)15(9-1)19(13)17;1-7-5-3-2-4-6-7;1-3-6-4(2)5/h1-12H;2-6H,1H3;3H2,1-2H3. The summed E-state index contributed by atoms with van der Waals surface area (Å²) in [6.45, 7) is 5.74. The lowest BCUT2D eigenvalue weighted by Crippen LogP contribution is -1.95. The van der Waals surface area contributed by atoms with Gasteiger partial charge in [-0.05, 0) is 56.9 Å². The maximum absolute atomic E-state index is 9.82. The molecule has 6 aromatic rings. The van der Waals surface area contributed by atoms with Gasteiger partial charge in [-0.2, -0.15) is 0 Å². The Hall–Kier alpha value is -3.91. The van der Waals surface area contributed by atoms with Gasteiger partial charge in [-0.1, -0.05) is 109 Å². The molecule has 0 fully saturated rings. The summed E-state index contributed by atoms with van der Waals surface area (Å²) in [6, 6.07) is 36.7. The molecule has 0 atom stereocenters. The third-order valence-electron chi connectivity index (χ3n) is 5.68. The van der Waals surface area contributed by atoms with Gasteiger partial charge >= 0.3 is 5.97 Å². The third kappa shape index (κ3) is 4.80. The normalized spacial score (nSPS) is 10.5. The average Bonchev–Trinajstić information content (AvgIpc) is 2.83. The zero-order valence-electron chi connectivity index (χ0n) is 19.3. The summed E-state index contributed by atoms with van der Waals surface area (Å²) in [6.07, 6.45) is 0. The van der Waals surface area contributed by atoms with E-state index in [0.717, 1.165) is 0 Å². The second kappa shape index (κ2) is 10.1. The molecule has 0 saturated carbocycles. The molecule has 2 heteroatoms. The maximum atomic E-state index is 9.82. The fourth-order valence-corrected chi connectivity index (χ4v) is 4.32. The van der Waals surface area contributed by atoms with Crippen molar-refractivity contribution in [1.29, 1.82) is 0 Å². The molecule has 0 radical (unpaired) electrons. The fourth-order valence-electron chi connectivity index (χ4n) is 4.32. The molecule has 0 N–H and O–H groups in total. The van der Waals surface area contributed by atoms with Crippen LogP contribution in [-0.2, 0) is 9.53 Å². The van der Waals surface area contributed by atoms with Crippen LogP contribution in [0.15, 0.2) is 103 Å². The topological polar surface area (TPSA) is 26.3 Å². The molecule has 164 valence electrons. The van der Waals surface area contributed by atoms with Crippen LogP contribution in [-0.4, -0.2) is 12.6 Å². The lowest BCUT2D eigenvalue weighted by atomic mass is 9.90. The van der Waals surface area contributed by atoms with Crippen LogP contribution >= 0.6 is 0 Å². The average molecular weight is 433 g/mol. The fraction of sp³-hybridized carbons (Fsp3) is 0.129. The minimum atomic E-state index is -0.211. The molecular formula is C31H28O2. The van der Waals surface area contributed by atoms with E-state index in [1.807, 2.05) is 18.2 Å². The van der Waals surface area contributed by atoms with Crippen LogP contribution in [0.5, 0.6) is 0 Å². The van der Waals surface area contributed by atoms with Gasteiger partial charge in [-0.15, -0.1) is 0 Å². The number of carbonyl (C=O) groups is 1. The highest BCUT2D eigenvalue weighted by Crippen LogP contribution is 2.39. The molecule has 0 aliphatic heterocycles. The van der Waals surface area contributed by atoms with Gasteiger partial charge in [0.1, 0.15) is 0 Å². The van der Waals surface area contributed by atoms with Crippen LogP contribution in [0.1, 0.15) is 19.4 Å². The number of esters is 1. The Bertz CT molecular complexity index is 1330. The first-order chi connectivity index (χ1) is 16.1. The summed E-state index contributed by atoms with van der Waals surface area (Å²) >= 11 is 0. The Kier molecular flexibility index (Phi) is 6.85. The number of aryl methyl sites for hydroxylation is 1. The van der Waals surface area contributed by atoms with Gasteiger partial charge in [0.2, 0.25) is 0 Å². The Balaban J connectivity index is 0.000000166. The van der Waals surface area contributed by atoms with Crippen molar-refractivity contribution in [3.05, 3.63) is 109 Å². The van der Waals surface area contributed by atoms with Gasteiger partial charge in [-0.25, -0.2) is 0 Å². The van der Waals surface area contributed by atoms with E-state index in [9.17, 15) is 4.79 Å². The predicted molar refractivity (Wildman–Crippen MR) is 141 cm³/mol. The number of carbonyl (C=O) groups excluding carboxylic acids is 1. The summed E-state index contributed by atoms with van der Waals surface area (Å²) in [4.78, 5) is 9.82. The molecule has 0 aliphatic rings. The number of hydrogen-bond acceptors (Lipinski definition) is 2. The van der Waals surface area contributed by atoms with Crippen molar-refractivity contribution in [2.24, 2.45) is 0 Å². The van der Waals surface area contributed by atoms with Gasteiger partial charge in [0.15, 0.2) is 0 Å². The molecule has 6 aromatic carbocycles. The van der Waals surface area contributed by atoms with Crippen molar-refractivity contribution >= 4 is 49.1 Å². The van der Waals surface area contributed by atoms with Gasteiger partial charge in [-0.3, -0.25) is 4.79 Å². The number of benzene rings is 6. The second-order valence-electron chi connectivity index (χ2n) is 8.00. The van der Waals surface area contributed by atoms with E-state index in [4.69, 9.17) is 0 Å². The molecule has 0 aliphatic carbocycles. The van der Waals surface area contributed by atoms with Crippen LogP contribution in [0.2, 0.25) is 0 Å². The van der Waals surface area contributed by atoms with Gasteiger partial charge in [0.25, 0.3) is 0 Å².